The van der Waals surface area contributed by atoms with E-state index in [1.165, 1.54) is 21.2 Å². The maximum atomic E-state index is 2.37. The molecular weight excluding hydrogens is 385 g/mol. The Morgan fingerprint density at radius 1 is 0.448 bits per heavy atom. The largest absolute Gasteiger partial charge is 0.102 e. The lowest BCUT2D eigenvalue weighted by Crippen LogP contribution is -2.27. The molecule has 0 fully saturated rings. The Morgan fingerprint density at radius 3 is 0.897 bits per heavy atom. The molecular formula is C26H25BP2. The molecule has 0 heterocycles. The van der Waals surface area contributed by atoms with E-state index in [1.54, 1.807) is 0 Å². The second kappa shape index (κ2) is 10.0. The van der Waals surface area contributed by atoms with Crippen molar-refractivity contribution < 1.29 is 0 Å². The molecule has 0 N–H and O–H groups in total. The zero-order chi connectivity index (χ0) is 19.9. The maximum Gasteiger partial charge on any atom is 0.102 e. The van der Waals surface area contributed by atoms with Crippen LogP contribution in [0.1, 0.15) is 0 Å². The van der Waals surface area contributed by atoms with E-state index < -0.39 is 15.8 Å². The summed E-state index contributed by atoms with van der Waals surface area (Å²) in [4.78, 5) is 0. The van der Waals surface area contributed by atoms with Gasteiger partial charge in [-0.1, -0.05) is 128 Å². The molecule has 0 saturated heterocycles. The van der Waals surface area contributed by atoms with Crippen molar-refractivity contribution in [1.29, 1.82) is 0 Å². The normalized spacial score (nSPS) is 11.3. The number of hydrogen-bond acceptors (Lipinski definition) is 0. The predicted molar refractivity (Wildman–Crippen MR) is 135 cm³/mol. The Morgan fingerprint density at radius 2 is 0.690 bits per heavy atom. The summed E-state index contributed by atoms with van der Waals surface area (Å²) in [6.07, 6.45) is 1.16. The lowest BCUT2D eigenvalue weighted by atomic mass is 10.1. The van der Waals surface area contributed by atoms with Gasteiger partial charge in [-0.15, -0.1) is 0 Å². The summed E-state index contributed by atoms with van der Waals surface area (Å²) in [6.45, 7) is 0. The number of rotatable bonds is 7. The summed E-state index contributed by atoms with van der Waals surface area (Å²) in [5, 5.41) is 6.47. The van der Waals surface area contributed by atoms with Crippen LogP contribution in [0.2, 0.25) is 6.32 Å². The van der Waals surface area contributed by atoms with E-state index in [1.807, 2.05) is 0 Å². The molecule has 0 atom stereocenters. The molecule has 0 aromatic heterocycles. The standard InChI is InChI=1S/C26H25BP2/c27-21-26(28(22-13-5-1-6-14-22)23-15-7-2-8-16-23)29(24-17-9-3-10-18-24)25-19-11-4-12-20-25/h1-20,26H,21,27H2. The molecule has 0 spiro atoms. The van der Waals surface area contributed by atoms with Gasteiger partial charge in [-0.05, 0) is 37.1 Å². The topological polar surface area (TPSA) is 0 Å². The van der Waals surface area contributed by atoms with E-state index in [0.717, 1.165) is 6.32 Å². The van der Waals surface area contributed by atoms with Gasteiger partial charge >= 0.3 is 0 Å². The molecule has 4 aromatic carbocycles. The van der Waals surface area contributed by atoms with Gasteiger partial charge in [0.25, 0.3) is 0 Å². The predicted octanol–water partition coefficient (Wildman–Crippen LogP) is 4.63. The van der Waals surface area contributed by atoms with Crippen molar-refractivity contribution in [3.8, 4) is 0 Å². The summed E-state index contributed by atoms with van der Waals surface area (Å²) in [5.41, 5.74) is 0. The van der Waals surface area contributed by atoms with Crippen LogP contribution < -0.4 is 21.2 Å². The minimum Gasteiger partial charge on any atom is -0.0693 e. The summed E-state index contributed by atoms with van der Waals surface area (Å²) >= 11 is 0. The van der Waals surface area contributed by atoms with Gasteiger partial charge in [-0.3, -0.25) is 0 Å². The van der Waals surface area contributed by atoms with E-state index in [-0.39, 0.29) is 0 Å². The third-order valence-electron chi connectivity index (χ3n) is 5.10. The van der Waals surface area contributed by atoms with Gasteiger partial charge in [0.05, 0.1) is 0 Å². The fraction of sp³-hybridized carbons (Fsp3) is 0.0769. The molecule has 142 valence electrons. The molecule has 0 nitrogen and oxygen atoms in total. The van der Waals surface area contributed by atoms with E-state index in [4.69, 9.17) is 0 Å². The van der Waals surface area contributed by atoms with Crippen LogP contribution in [0.25, 0.3) is 0 Å². The molecule has 0 aliphatic carbocycles. The zero-order valence-corrected chi connectivity index (χ0v) is 18.5. The molecule has 29 heavy (non-hydrogen) atoms. The molecule has 0 radical (unpaired) electrons. The third-order valence-corrected chi connectivity index (χ3v) is 11.8. The highest BCUT2D eigenvalue weighted by Crippen LogP contribution is 2.57. The highest BCUT2D eigenvalue weighted by Gasteiger charge is 2.32. The van der Waals surface area contributed by atoms with Crippen molar-refractivity contribution >= 4 is 44.9 Å². The highest BCUT2D eigenvalue weighted by molar-refractivity contribution is 7.89. The van der Waals surface area contributed by atoms with Crippen LogP contribution in [0.15, 0.2) is 121 Å². The van der Waals surface area contributed by atoms with Crippen LogP contribution in [0.5, 0.6) is 0 Å². The lowest BCUT2D eigenvalue weighted by molar-refractivity contribution is 1.37. The van der Waals surface area contributed by atoms with Crippen LogP contribution >= 0.6 is 15.8 Å². The smallest absolute Gasteiger partial charge is 0.0693 e. The van der Waals surface area contributed by atoms with Gasteiger partial charge in [-0.2, -0.15) is 0 Å². The quantitative estimate of drug-likeness (QED) is 0.308. The van der Waals surface area contributed by atoms with E-state index in [0.29, 0.717) is 5.40 Å². The first-order chi connectivity index (χ1) is 14.4. The van der Waals surface area contributed by atoms with Gasteiger partial charge in [0, 0.05) is 5.40 Å². The Kier molecular flexibility index (Phi) is 6.94. The van der Waals surface area contributed by atoms with E-state index in [2.05, 4.69) is 129 Å². The molecule has 0 aliphatic heterocycles. The molecule has 0 saturated carbocycles. The monoisotopic (exact) mass is 410 g/mol. The van der Waals surface area contributed by atoms with Gasteiger partial charge < -0.3 is 0 Å². The first kappa shape index (κ1) is 20.1. The average molecular weight is 410 g/mol. The second-order valence-electron chi connectivity index (χ2n) is 6.97. The third kappa shape index (κ3) is 4.70. The van der Waals surface area contributed by atoms with Crippen molar-refractivity contribution in [3.63, 3.8) is 0 Å². The van der Waals surface area contributed by atoms with Gasteiger partial charge in [0.2, 0.25) is 0 Å². The molecule has 0 amide bonds. The van der Waals surface area contributed by atoms with Crippen molar-refractivity contribution in [2.75, 3.05) is 0 Å². The van der Waals surface area contributed by atoms with Crippen molar-refractivity contribution in [1.82, 2.24) is 0 Å². The van der Waals surface area contributed by atoms with E-state index >= 15 is 0 Å². The Balaban J connectivity index is 1.88. The van der Waals surface area contributed by atoms with Gasteiger partial charge in [-0.25, -0.2) is 0 Å². The zero-order valence-electron chi connectivity index (χ0n) is 16.7. The van der Waals surface area contributed by atoms with Crippen LogP contribution in [0, 0.1) is 0 Å². The van der Waals surface area contributed by atoms with E-state index in [9.17, 15) is 0 Å². The average Bonchev–Trinajstić information content (AvgIpc) is 2.81. The highest BCUT2D eigenvalue weighted by atomic mass is 31.2. The summed E-state index contributed by atoms with van der Waals surface area (Å²) in [6, 6.07) is 44.6. The van der Waals surface area contributed by atoms with Gasteiger partial charge in [0.1, 0.15) is 7.85 Å². The fourth-order valence-corrected chi connectivity index (χ4v) is 11.0. The molecule has 0 bridgehead atoms. The minimum atomic E-state index is -0.472. The Bertz CT molecular complexity index is 830. The molecule has 3 heteroatoms. The maximum absolute atomic E-state index is 2.37. The summed E-state index contributed by atoms with van der Waals surface area (Å²) < 4.78 is 0. The first-order valence-corrected chi connectivity index (χ1v) is 13.0. The number of hydrogen-bond donors (Lipinski definition) is 0. The van der Waals surface area contributed by atoms with Crippen LogP contribution in [0.3, 0.4) is 0 Å². The van der Waals surface area contributed by atoms with Gasteiger partial charge in [0.15, 0.2) is 0 Å². The van der Waals surface area contributed by atoms with Crippen molar-refractivity contribution in [2.24, 2.45) is 0 Å². The fourth-order valence-electron chi connectivity index (χ4n) is 3.82. The first-order valence-electron chi connectivity index (χ1n) is 10.2. The second-order valence-corrected chi connectivity index (χ2v) is 12.2. The summed E-state index contributed by atoms with van der Waals surface area (Å²) in [7, 11) is 1.42. The summed E-state index contributed by atoms with van der Waals surface area (Å²) in [5.74, 6) is 0. The molecule has 4 aromatic rings. The molecule has 0 unspecified atom stereocenters. The Labute approximate surface area is 177 Å². The van der Waals surface area contributed by atoms with Crippen molar-refractivity contribution in [2.45, 2.75) is 11.7 Å². The van der Waals surface area contributed by atoms with Crippen LogP contribution in [-0.2, 0) is 0 Å². The van der Waals surface area contributed by atoms with Crippen molar-refractivity contribution in [3.05, 3.63) is 121 Å². The lowest BCUT2D eigenvalue weighted by Gasteiger charge is -2.35. The van der Waals surface area contributed by atoms with Crippen LogP contribution in [0.4, 0.5) is 0 Å². The van der Waals surface area contributed by atoms with Crippen LogP contribution in [-0.4, -0.2) is 13.2 Å². The SMILES string of the molecule is BCC(P(c1ccccc1)c1ccccc1)P(c1ccccc1)c1ccccc1. The Hall–Kier alpha value is -2.20. The minimum absolute atomic E-state index is 0.472. The number of benzene rings is 4. The molecule has 0 aliphatic rings. The molecule has 4 rings (SSSR count).